The van der Waals surface area contributed by atoms with Crippen molar-refractivity contribution in [1.29, 1.82) is 0 Å². The molecule has 0 aromatic carbocycles. The molecule has 0 amide bonds. The summed E-state index contributed by atoms with van der Waals surface area (Å²) in [6.45, 7) is 1.58. The maximum absolute atomic E-state index is 11.6. The van der Waals surface area contributed by atoms with Crippen molar-refractivity contribution in [2.24, 2.45) is 17.8 Å². The summed E-state index contributed by atoms with van der Waals surface area (Å²) in [5.41, 5.74) is 0. The molecule has 15 heteroatoms. The van der Waals surface area contributed by atoms with Crippen LogP contribution in [0.1, 0.15) is 20.3 Å². The molecule has 3 aliphatic rings. The second-order valence-electron chi connectivity index (χ2n) is 9.73. The number of rotatable bonds is 9. The summed E-state index contributed by atoms with van der Waals surface area (Å²) in [5.74, 6) is -4.33. The van der Waals surface area contributed by atoms with Gasteiger partial charge in [0.15, 0.2) is 25.0 Å². The fourth-order valence-electron chi connectivity index (χ4n) is 5.00. The highest BCUT2D eigenvalue weighted by Gasteiger charge is 2.50. The Bertz CT molecular complexity index is 741. The van der Waals surface area contributed by atoms with E-state index < -0.39 is 117 Å². The Morgan fingerprint density at radius 1 is 0.730 bits per heavy atom. The molecule has 9 unspecified atom stereocenters. The van der Waals surface area contributed by atoms with Crippen molar-refractivity contribution >= 4 is 5.97 Å². The summed E-state index contributed by atoms with van der Waals surface area (Å²) in [7, 11) is 0. The predicted molar refractivity (Wildman–Crippen MR) is 117 cm³/mol. The second-order valence-corrected chi connectivity index (χ2v) is 9.73. The normalized spacial score (nSPS) is 49.1. The molecular formula is C22H38O15. The quantitative estimate of drug-likeness (QED) is 0.134. The van der Waals surface area contributed by atoms with Crippen LogP contribution in [0, 0.1) is 17.8 Å². The highest BCUT2D eigenvalue weighted by atomic mass is 16.7. The van der Waals surface area contributed by atoms with Gasteiger partial charge in [-0.25, -0.2) is 4.79 Å². The van der Waals surface area contributed by atoms with Gasteiger partial charge in [-0.1, -0.05) is 6.92 Å². The Balaban J connectivity index is 1.71. The first-order valence-corrected chi connectivity index (χ1v) is 12.2. The first-order chi connectivity index (χ1) is 17.4. The van der Waals surface area contributed by atoms with Crippen LogP contribution in [0.15, 0.2) is 0 Å². The lowest BCUT2D eigenvalue weighted by Crippen LogP contribution is -2.60. The van der Waals surface area contributed by atoms with Crippen LogP contribution in [0.3, 0.4) is 0 Å². The van der Waals surface area contributed by atoms with Gasteiger partial charge in [-0.2, -0.15) is 0 Å². The number of carboxylic acids is 1. The van der Waals surface area contributed by atoms with E-state index in [0.29, 0.717) is 0 Å². The average Bonchev–Trinajstić information content (AvgIpc) is 2.86. The number of aliphatic hydroxyl groups excluding tert-OH is 8. The van der Waals surface area contributed by atoms with Gasteiger partial charge in [0.2, 0.25) is 0 Å². The molecule has 0 spiro atoms. The van der Waals surface area contributed by atoms with Crippen LogP contribution in [-0.2, 0) is 28.5 Å². The van der Waals surface area contributed by atoms with E-state index in [1.54, 1.807) is 6.92 Å². The van der Waals surface area contributed by atoms with Gasteiger partial charge in [-0.3, -0.25) is 0 Å². The Morgan fingerprint density at radius 2 is 1.30 bits per heavy atom. The van der Waals surface area contributed by atoms with Gasteiger partial charge < -0.3 is 69.6 Å². The summed E-state index contributed by atoms with van der Waals surface area (Å²) in [6.07, 6.45) is -16.9. The monoisotopic (exact) mass is 542 g/mol. The topological polar surface area (TPSA) is 245 Å². The molecular weight excluding hydrogens is 504 g/mol. The molecule has 0 aromatic heterocycles. The zero-order chi connectivity index (χ0) is 27.6. The van der Waals surface area contributed by atoms with Gasteiger partial charge in [0.05, 0.1) is 38.1 Å². The lowest BCUT2D eigenvalue weighted by Gasteiger charge is -2.45. The molecule has 15 atom stereocenters. The first kappa shape index (κ1) is 30.5. The molecule has 15 nitrogen and oxygen atoms in total. The first-order valence-electron chi connectivity index (χ1n) is 12.2. The van der Waals surface area contributed by atoms with Crippen molar-refractivity contribution in [3.63, 3.8) is 0 Å². The molecule has 0 bridgehead atoms. The number of carbonyl (C=O) groups is 1. The van der Waals surface area contributed by atoms with Gasteiger partial charge in [0.25, 0.3) is 0 Å². The third-order valence-corrected chi connectivity index (χ3v) is 7.40. The zero-order valence-corrected chi connectivity index (χ0v) is 20.5. The molecule has 3 aliphatic heterocycles. The third kappa shape index (κ3) is 6.41. The number of ether oxygens (including phenoxy) is 5. The molecule has 0 saturated carbocycles. The van der Waals surface area contributed by atoms with Gasteiger partial charge >= 0.3 is 5.97 Å². The number of hydrogen-bond acceptors (Lipinski definition) is 14. The lowest BCUT2D eigenvalue weighted by molar-refractivity contribution is -0.322. The highest BCUT2D eigenvalue weighted by molar-refractivity contribution is 5.73. The highest BCUT2D eigenvalue weighted by Crippen LogP contribution is 2.34. The molecule has 9 N–H and O–H groups in total. The number of aliphatic hydroxyl groups is 8. The van der Waals surface area contributed by atoms with E-state index in [-0.39, 0.29) is 6.42 Å². The number of carboxylic acid groups (broad SMARTS) is 1. The Labute approximate surface area is 212 Å². The standard InChI is InChI=1S/C22H38O15/c1-3-8-14(26)16(28)22(37-18(8)19(30)31)34-6-10-9(13(25)11(4-23)36-20(10)32)5-33-21-17(29)15(27)12(24)7(2)35-21/h7-18,20-29,32H,3-6H2,1-2H3,(H,30,31)/t7?,8-,9?,10?,11?,12+,13-,14?,15?,16?,17?,18?,20+,21+,22+/m0/s1. The van der Waals surface area contributed by atoms with Crippen molar-refractivity contribution in [2.45, 2.75) is 94.1 Å². The van der Waals surface area contributed by atoms with Gasteiger partial charge in [0, 0.05) is 17.8 Å². The van der Waals surface area contributed by atoms with Gasteiger partial charge in [-0.05, 0) is 13.3 Å². The minimum atomic E-state index is -1.62. The molecule has 0 aliphatic carbocycles. The third-order valence-electron chi connectivity index (χ3n) is 7.40. The van der Waals surface area contributed by atoms with E-state index in [9.17, 15) is 50.8 Å². The number of hydrogen-bond donors (Lipinski definition) is 9. The Hall–Kier alpha value is -1.05. The minimum Gasteiger partial charge on any atom is -0.479 e. The zero-order valence-electron chi connectivity index (χ0n) is 20.5. The summed E-state index contributed by atoms with van der Waals surface area (Å²) >= 11 is 0. The van der Waals surface area contributed by atoms with Crippen molar-refractivity contribution < 1.29 is 74.4 Å². The maximum Gasteiger partial charge on any atom is 0.333 e. The molecule has 37 heavy (non-hydrogen) atoms. The predicted octanol–water partition coefficient (Wildman–Crippen LogP) is -4.29. The van der Waals surface area contributed by atoms with Crippen molar-refractivity contribution in [1.82, 2.24) is 0 Å². The van der Waals surface area contributed by atoms with Gasteiger partial charge in [-0.15, -0.1) is 0 Å². The van der Waals surface area contributed by atoms with Crippen molar-refractivity contribution in [3.8, 4) is 0 Å². The lowest BCUT2D eigenvalue weighted by atomic mass is 9.83. The van der Waals surface area contributed by atoms with Crippen molar-refractivity contribution in [2.75, 3.05) is 19.8 Å². The smallest absolute Gasteiger partial charge is 0.333 e. The molecule has 3 heterocycles. The van der Waals surface area contributed by atoms with E-state index in [1.807, 2.05) is 0 Å². The van der Waals surface area contributed by atoms with E-state index in [1.165, 1.54) is 6.92 Å². The van der Waals surface area contributed by atoms with Crippen LogP contribution in [0.4, 0.5) is 0 Å². The summed E-state index contributed by atoms with van der Waals surface area (Å²) in [4.78, 5) is 11.6. The van der Waals surface area contributed by atoms with Crippen LogP contribution in [0.2, 0.25) is 0 Å². The van der Waals surface area contributed by atoms with Gasteiger partial charge in [0.1, 0.15) is 30.5 Å². The van der Waals surface area contributed by atoms with Crippen LogP contribution in [-0.4, -0.2) is 146 Å². The van der Waals surface area contributed by atoms with E-state index in [4.69, 9.17) is 23.7 Å². The fourth-order valence-corrected chi connectivity index (χ4v) is 5.00. The summed E-state index contributed by atoms with van der Waals surface area (Å²) < 4.78 is 27.1. The average molecular weight is 543 g/mol. The Kier molecular flexibility index (Phi) is 10.6. The van der Waals surface area contributed by atoms with Crippen molar-refractivity contribution in [3.05, 3.63) is 0 Å². The Morgan fingerprint density at radius 3 is 1.86 bits per heavy atom. The van der Waals surface area contributed by atoms with Crippen LogP contribution in [0.5, 0.6) is 0 Å². The second kappa shape index (κ2) is 12.9. The molecule has 3 fully saturated rings. The largest absolute Gasteiger partial charge is 0.479 e. The van der Waals surface area contributed by atoms with E-state index >= 15 is 0 Å². The van der Waals surface area contributed by atoms with Crippen LogP contribution >= 0.6 is 0 Å². The molecule has 216 valence electrons. The van der Waals surface area contributed by atoms with E-state index in [2.05, 4.69) is 0 Å². The van der Waals surface area contributed by atoms with Crippen LogP contribution in [0.25, 0.3) is 0 Å². The SMILES string of the molecule is CC[C@@H]1C(C(=O)O)O[C@@H](OCC2C(CO[C@@H]3OC(C)[C@@H](O)C(O)C3O)[C@H](O)C(CO)O[C@H]2O)C(O)C1O. The van der Waals surface area contributed by atoms with E-state index in [0.717, 1.165) is 0 Å². The molecule has 0 aromatic rings. The fraction of sp³-hybridized carbons (Fsp3) is 0.955. The summed E-state index contributed by atoms with van der Waals surface area (Å²) in [6, 6.07) is 0. The molecule has 0 radical (unpaired) electrons. The molecule has 3 saturated heterocycles. The summed E-state index contributed by atoms with van der Waals surface area (Å²) in [5, 5.41) is 91.1. The maximum atomic E-state index is 11.6. The minimum absolute atomic E-state index is 0.213. The van der Waals surface area contributed by atoms with Crippen LogP contribution < -0.4 is 0 Å². The number of aliphatic carboxylic acids is 1. The molecule has 3 rings (SSSR count).